The SMILES string of the molecule is COc1cc(C)c(O)c(P(C)c2cc(OC)cc(C)c2O)c1. The molecule has 2 rings (SSSR count). The maximum atomic E-state index is 10.4. The van der Waals surface area contributed by atoms with Gasteiger partial charge in [-0.2, -0.15) is 0 Å². The third kappa shape index (κ3) is 2.97. The summed E-state index contributed by atoms with van der Waals surface area (Å²) in [5.41, 5.74) is 1.51. The van der Waals surface area contributed by atoms with Gasteiger partial charge >= 0.3 is 0 Å². The second-order valence-corrected chi connectivity index (χ2v) is 7.26. The molecule has 2 aromatic carbocycles. The number of phenolic OH excluding ortho intramolecular Hbond substituents is 2. The molecule has 5 heteroatoms. The number of hydrogen-bond donors (Lipinski definition) is 2. The van der Waals surface area contributed by atoms with E-state index in [0.29, 0.717) is 11.5 Å². The van der Waals surface area contributed by atoms with Crippen LogP contribution in [0.5, 0.6) is 23.0 Å². The fraction of sp³-hybridized carbons (Fsp3) is 0.294. The highest BCUT2D eigenvalue weighted by molar-refractivity contribution is 7.72. The first kappa shape index (κ1) is 16.4. The number of benzene rings is 2. The minimum Gasteiger partial charge on any atom is -0.507 e. The van der Waals surface area contributed by atoms with E-state index < -0.39 is 7.92 Å². The Bertz CT molecular complexity index is 638. The molecule has 0 radical (unpaired) electrons. The zero-order chi connectivity index (χ0) is 16.4. The lowest BCUT2D eigenvalue weighted by atomic mass is 10.2. The molecule has 0 unspecified atom stereocenters. The molecule has 0 amide bonds. The molecule has 22 heavy (non-hydrogen) atoms. The smallest absolute Gasteiger partial charge is 0.126 e. The molecule has 4 nitrogen and oxygen atoms in total. The molecule has 0 heterocycles. The molecule has 2 N–H and O–H groups in total. The van der Waals surface area contributed by atoms with Crippen LogP contribution < -0.4 is 20.1 Å². The van der Waals surface area contributed by atoms with Crippen molar-refractivity contribution in [2.24, 2.45) is 0 Å². The Hall–Kier alpha value is -1.93. The van der Waals surface area contributed by atoms with E-state index in [2.05, 4.69) is 0 Å². The maximum absolute atomic E-state index is 10.4. The minimum atomic E-state index is -0.949. The van der Waals surface area contributed by atoms with Gasteiger partial charge in [-0.3, -0.25) is 0 Å². The number of aromatic hydroxyl groups is 2. The third-order valence-electron chi connectivity index (χ3n) is 3.70. The van der Waals surface area contributed by atoms with Gasteiger partial charge in [0.1, 0.15) is 23.0 Å². The molecular weight excluding hydrogens is 299 g/mol. The summed E-state index contributed by atoms with van der Waals surface area (Å²) in [5.74, 6) is 1.88. The van der Waals surface area contributed by atoms with Crippen molar-refractivity contribution in [3.8, 4) is 23.0 Å². The van der Waals surface area contributed by atoms with Crippen LogP contribution in [-0.2, 0) is 0 Å². The van der Waals surface area contributed by atoms with Crippen molar-refractivity contribution in [3.63, 3.8) is 0 Å². The molecule has 0 bridgehead atoms. The van der Waals surface area contributed by atoms with Gasteiger partial charge < -0.3 is 19.7 Å². The van der Waals surface area contributed by atoms with Crippen LogP contribution in [0, 0.1) is 13.8 Å². The molecule has 2 aromatic rings. The zero-order valence-corrected chi connectivity index (χ0v) is 14.4. The van der Waals surface area contributed by atoms with Crippen LogP contribution in [0.3, 0.4) is 0 Å². The number of ether oxygens (including phenoxy) is 2. The Balaban J connectivity index is 2.59. The zero-order valence-electron chi connectivity index (χ0n) is 13.5. The summed E-state index contributed by atoms with van der Waals surface area (Å²) < 4.78 is 10.6. The number of hydrogen-bond acceptors (Lipinski definition) is 4. The van der Waals surface area contributed by atoms with Crippen LogP contribution in [0.25, 0.3) is 0 Å². The number of methoxy groups -OCH3 is 2. The van der Waals surface area contributed by atoms with Crippen molar-refractivity contribution in [3.05, 3.63) is 35.4 Å². The molecule has 118 valence electrons. The van der Waals surface area contributed by atoms with E-state index >= 15 is 0 Å². The van der Waals surface area contributed by atoms with E-state index in [0.717, 1.165) is 21.7 Å². The highest BCUT2D eigenvalue weighted by atomic mass is 31.1. The first-order valence-electron chi connectivity index (χ1n) is 6.88. The third-order valence-corrected chi connectivity index (χ3v) is 5.83. The lowest BCUT2D eigenvalue weighted by Gasteiger charge is -2.20. The summed E-state index contributed by atoms with van der Waals surface area (Å²) >= 11 is 0. The predicted octanol–water partition coefficient (Wildman–Crippen LogP) is 2.79. The lowest BCUT2D eigenvalue weighted by molar-refractivity contribution is 0.412. The molecule has 0 aromatic heterocycles. The molecule has 0 aliphatic heterocycles. The van der Waals surface area contributed by atoms with Gasteiger partial charge in [-0.1, -0.05) is 0 Å². The van der Waals surface area contributed by atoms with Crippen molar-refractivity contribution in [2.75, 3.05) is 20.9 Å². The van der Waals surface area contributed by atoms with Crippen LogP contribution in [0.15, 0.2) is 24.3 Å². The normalized spacial score (nSPS) is 10.8. The van der Waals surface area contributed by atoms with E-state index in [-0.39, 0.29) is 11.5 Å². The van der Waals surface area contributed by atoms with E-state index in [9.17, 15) is 10.2 Å². The van der Waals surface area contributed by atoms with Crippen LogP contribution in [0.2, 0.25) is 0 Å². The van der Waals surface area contributed by atoms with Crippen LogP contribution in [0.1, 0.15) is 11.1 Å². The van der Waals surface area contributed by atoms with Gasteiger partial charge in [0.25, 0.3) is 0 Å². The Kier molecular flexibility index (Phi) is 4.82. The van der Waals surface area contributed by atoms with Crippen molar-refractivity contribution in [1.29, 1.82) is 0 Å². The Morgan fingerprint density at radius 2 is 1.14 bits per heavy atom. The molecule has 0 aliphatic carbocycles. The quantitative estimate of drug-likeness (QED) is 0.851. The van der Waals surface area contributed by atoms with Gasteiger partial charge in [0.05, 0.1) is 14.2 Å². The lowest BCUT2D eigenvalue weighted by Crippen LogP contribution is -2.14. The number of rotatable bonds is 4. The van der Waals surface area contributed by atoms with Gasteiger partial charge in [0.15, 0.2) is 0 Å². The molecule has 0 aliphatic rings. The van der Waals surface area contributed by atoms with E-state index in [1.54, 1.807) is 26.4 Å². The molecule has 0 saturated heterocycles. The van der Waals surface area contributed by atoms with Crippen LogP contribution in [0.4, 0.5) is 0 Å². The topological polar surface area (TPSA) is 58.9 Å². The second-order valence-electron chi connectivity index (χ2n) is 5.18. The number of phenols is 2. The molecule has 0 saturated carbocycles. The molecule has 0 spiro atoms. The molecular formula is C17H21O4P. The number of aryl methyl sites for hydroxylation is 2. The largest absolute Gasteiger partial charge is 0.507 e. The van der Waals surface area contributed by atoms with E-state index in [1.807, 2.05) is 32.6 Å². The summed E-state index contributed by atoms with van der Waals surface area (Å²) in [5, 5.41) is 22.3. The second kappa shape index (κ2) is 6.45. The van der Waals surface area contributed by atoms with Gasteiger partial charge in [-0.15, -0.1) is 0 Å². The van der Waals surface area contributed by atoms with E-state index in [1.165, 1.54) is 0 Å². The standard InChI is InChI=1S/C17H21O4P/c1-10-6-12(20-3)8-14(16(10)18)22(5)15-9-13(21-4)7-11(2)17(15)19/h6-9,18-19H,1-5H3. The monoisotopic (exact) mass is 320 g/mol. The average Bonchev–Trinajstić information content (AvgIpc) is 2.51. The van der Waals surface area contributed by atoms with Crippen molar-refractivity contribution >= 4 is 18.5 Å². The minimum absolute atomic E-state index is 0.245. The summed E-state index contributed by atoms with van der Waals surface area (Å²) in [6.07, 6.45) is 0. The summed E-state index contributed by atoms with van der Waals surface area (Å²) in [6.45, 7) is 5.67. The average molecular weight is 320 g/mol. The Morgan fingerprint density at radius 1 is 0.773 bits per heavy atom. The Labute approximate surface area is 132 Å². The fourth-order valence-corrected chi connectivity index (χ4v) is 4.22. The van der Waals surface area contributed by atoms with Crippen molar-refractivity contribution in [1.82, 2.24) is 0 Å². The highest BCUT2D eigenvalue weighted by Gasteiger charge is 2.20. The highest BCUT2D eigenvalue weighted by Crippen LogP contribution is 2.40. The Morgan fingerprint density at radius 3 is 1.45 bits per heavy atom. The first-order valence-corrected chi connectivity index (χ1v) is 8.66. The van der Waals surface area contributed by atoms with Crippen LogP contribution >= 0.6 is 7.92 Å². The summed E-state index contributed by atoms with van der Waals surface area (Å²) in [6, 6.07) is 7.22. The predicted molar refractivity (Wildman–Crippen MR) is 90.9 cm³/mol. The first-order chi connectivity index (χ1) is 10.4. The van der Waals surface area contributed by atoms with Gasteiger partial charge in [-0.05, 0) is 63.8 Å². The van der Waals surface area contributed by atoms with Crippen molar-refractivity contribution < 1.29 is 19.7 Å². The molecule has 0 fully saturated rings. The van der Waals surface area contributed by atoms with Gasteiger partial charge in [-0.25, -0.2) is 0 Å². The van der Waals surface area contributed by atoms with Crippen LogP contribution in [-0.4, -0.2) is 31.1 Å². The van der Waals surface area contributed by atoms with Crippen molar-refractivity contribution in [2.45, 2.75) is 13.8 Å². The van der Waals surface area contributed by atoms with Gasteiger partial charge in [0, 0.05) is 10.6 Å². The molecule has 0 atom stereocenters. The fourth-order valence-electron chi connectivity index (χ4n) is 2.33. The van der Waals surface area contributed by atoms with Gasteiger partial charge in [0.2, 0.25) is 0 Å². The summed E-state index contributed by atoms with van der Waals surface area (Å²) in [7, 11) is 2.25. The van der Waals surface area contributed by atoms with E-state index in [4.69, 9.17) is 9.47 Å². The maximum Gasteiger partial charge on any atom is 0.126 e. The summed E-state index contributed by atoms with van der Waals surface area (Å²) in [4.78, 5) is 0.